The molecule has 1 aromatic carbocycles. The van der Waals surface area contributed by atoms with E-state index < -0.39 is 17.4 Å². The molecule has 2 rings (SSSR count). The number of aromatic amines is 1. The first-order valence-corrected chi connectivity index (χ1v) is 7.80. The summed E-state index contributed by atoms with van der Waals surface area (Å²) in [5.41, 5.74) is 0.637. The second kappa shape index (κ2) is 6.83. The fourth-order valence-electron chi connectivity index (χ4n) is 2.28. The number of H-pyrrole nitrogens is 1. The van der Waals surface area contributed by atoms with Crippen LogP contribution in [0.4, 0.5) is 0 Å². The van der Waals surface area contributed by atoms with E-state index >= 15 is 0 Å². The number of imidazole rings is 1. The van der Waals surface area contributed by atoms with Gasteiger partial charge in [-0.1, -0.05) is 26.0 Å². The van der Waals surface area contributed by atoms with Crippen LogP contribution in [0.25, 0.3) is 11.0 Å². The van der Waals surface area contributed by atoms with E-state index in [1.165, 1.54) is 0 Å². The minimum Gasteiger partial charge on any atom is -0.481 e. The first-order chi connectivity index (χ1) is 10.5. The standard InChI is InChI=1S/C15H18N2O4S/c1-3-15(4-2,9-12(18)19)13(20)21-22-14-16-10-7-5-6-8-11(10)17-14/h5-8H,3-4,9H2,1-2H3,(H,16,17)(H,18,19). The van der Waals surface area contributed by atoms with Crippen molar-refractivity contribution in [3.63, 3.8) is 0 Å². The van der Waals surface area contributed by atoms with Gasteiger partial charge in [0.2, 0.25) is 5.16 Å². The number of hydrogen-bond acceptors (Lipinski definition) is 5. The minimum absolute atomic E-state index is 0.237. The van der Waals surface area contributed by atoms with E-state index in [0.29, 0.717) is 18.0 Å². The summed E-state index contributed by atoms with van der Waals surface area (Å²) < 4.78 is 5.23. The fraction of sp³-hybridized carbons (Fsp3) is 0.400. The molecule has 7 heteroatoms. The Morgan fingerprint density at radius 3 is 2.59 bits per heavy atom. The van der Waals surface area contributed by atoms with E-state index in [1.807, 2.05) is 24.3 Å². The molecule has 2 aromatic rings. The third kappa shape index (κ3) is 3.41. The summed E-state index contributed by atoms with van der Waals surface area (Å²) in [6, 6.07) is 7.48. The average Bonchev–Trinajstić information content (AvgIpc) is 2.93. The number of carboxylic acids is 1. The lowest BCUT2D eigenvalue weighted by Crippen LogP contribution is -2.33. The summed E-state index contributed by atoms with van der Waals surface area (Å²) in [4.78, 5) is 30.6. The summed E-state index contributed by atoms with van der Waals surface area (Å²) in [5, 5.41) is 9.47. The van der Waals surface area contributed by atoms with Gasteiger partial charge in [-0.15, -0.1) is 0 Å². The van der Waals surface area contributed by atoms with Crippen molar-refractivity contribution in [3.8, 4) is 0 Å². The molecule has 0 aliphatic heterocycles. The second-order valence-electron chi connectivity index (χ2n) is 5.07. The summed E-state index contributed by atoms with van der Waals surface area (Å²) in [7, 11) is 0. The largest absolute Gasteiger partial charge is 0.481 e. The predicted molar refractivity (Wildman–Crippen MR) is 83.3 cm³/mol. The molecule has 0 atom stereocenters. The zero-order valence-electron chi connectivity index (χ0n) is 12.5. The van der Waals surface area contributed by atoms with Gasteiger partial charge in [0.1, 0.15) is 12.0 Å². The quantitative estimate of drug-likeness (QED) is 0.759. The van der Waals surface area contributed by atoms with E-state index in [9.17, 15) is 9.59 Å². The molecule has 1 heterocycles. The SMILES string of the molecule is CCC(CC)(CC(=O)O)C(=O)OSc1nc2ccccc2[nH]1. The van der Waals surface area contributed by atoms with E-state index in [2.05, 4.69) is 9.97 Å². The van der Waals surface area contributed by atoms with Crippen LogP contribution in [0.5, 0.6) is 0 Å². The molecule has 0 saturated heterocycles. The zero-order chi connectivity index (χ0) is 16.2. The van der Waals surface area contributed by atoms with E-state index in [-0.39, 0.29) is 6.42 Å². The van der Waals surface area contributed by atoms with Gasteiger partial charge in [-0.05, 0) is 25.0 Å². The molecule has 0 amide bonds. The number of fused-ring (bicyclic) bond motifs is 1. The number of nitrogens with zero attached hydrogens (tertiary/aromatic N) is 1. The molecule has 1 aromatic heterocycles. The molecule has 118 valence electrons. The Bertz CT molecular complexity index is 646. The van der Waals surface area contributed by atoms with Crippen LogP contribution in [-0.2, 0) is 13.8 Å². The number of rotatable bonds is 7. The molecular formula is C15H18N2O4S. The van der Waals surface area contributed by atoms with Gasteiger partial charge in [-0.2, -0.15) is 0 Å². The Morgan fingerprint density at radius 1 is 1.32 bits per heavy atom. The minimum atomic E-state index is -1.01. The van der Waals surface area contributed by atoms with Gasteiger partial charge in [-0.25, -0.2) is 4.98 Å². The van der Waals surface area contributed by atoms with Crippen LogP contribution in [0.1, 0.15) is 33.1 Å². The van der Waals surface area contributed by atoms with Crippen molar-refractivity contribution in [3.05, 3.63) is 24.3 Å². The molecule has 0 unspecified atom stereocenters. The van der Waals surface area contributed by atoms with Crippen LogP contribution >= 0.6 is 12.0 Å². The molecular weight excluding hydrogens is 304 g/mol. The van der Waals surface area contributed by atoms with Crippen molar-refractivity contribution < 1.29 is 18.9 Å². The molecule has 0 radical (unpaired) electrons. The molecule has 0 aliphatic carbocycles. The van der Waals surface area contributed by atoms with Crippen LogP contribution in [0.2, 0.25) is 0 Å². The number of para-hydroxylation sites is 2. The number of carbonyl (C=O) groups excluding carboxylic acids is 1. The number of benzene rings is 1. The van der Waals surface area contributed by atoms with Crippen molar-refractivity contribution in [1.82, 2.24) is 9.97 Å². The molecule has 0 fully saturated rings. The van der Waals surface area contributed by atoms with Crippen molar-refractivity contribution >= 4 is 35.0 Å². The first-order valence-electron chi connectivity index (χ1n) is 7.06. The third-order valence-electron chi connectivity index (χ3n) is 3.84. The van der Waals surface area contributed by atoms with Gasteiger partial charge in [0, 0.05) is 0 Å². The van der Waals surface area contributed by atoms with Gasteiger partial charge in [0.25, 0.3) is 0 Å². The van der Waals surface area contributed by atoms with Crippen LogP contribution in [0.15, 0.2) is 29.4 Å². The number of nitrogens with one attached hydrogen (secondary N) is 1. The van der Waals surface area contributed by atoms with Crippen molar-refractivity contribution in [2.24, 2.45) is 5.41 Å². The smallest absolute Gasteiger partial charge is 0.325 e. The Labute approximate surface area is 132 Å². The molecule has 22 heavy (non-hydrogen) atoms. The number of carboxylic acid groups (broad SMARTS) is 1. The molecule has 0 saturated carbocycles. The Hall–Kier alpha value is -2.02. The molecule has 2 N–H and O–H groups in total. The number of aliphatic carboxylic acids is 1. The summed E-state index contributed by atoms with van der Waals surface area (Å²) in [6.07, 6.45) is 0.587. The maximum atomic E-state index is 12.3. The van der Waals surface area contributed by atoms with Gasteiger partial charge in [-0.3, -0.25) is 9.59 Å². The Morgan fingerprint density at radius 2 is 2.00 bits per heavy atom. The number of hydrogen-bond donors (Lipinski definition) is 2. The Kier molecular flexibility index (Phi) is 5.07. The number of aromatic nitrogens is 2. The Balaban J connectivity index is 2.08. The lowest BCUT2D eigenvalue weighted by Gasteiger charge is -2.26. The summed E-state index contributed by atoms with van der Waals surface area (Å²) >= 11 is 0.830. The van der Waals surface area contributed by atoms with E-state index in [0.717, 1.165) is 23.1 Å². The topological polar surface area (TPSA) is 92.3 Å². The average molecular weight is 322 g/mol. The highest BCUT2D eigenvalue weighted by molar-refractivity contribution is 7.94. The van der Waals surface area contributed by atoms with Gasteiger partial charge >= 0.3 is 11.9 Å². The lowest BCUT2D eigenvalue weighted by molar-refractivity contribution is -0.153. The fourth-order valence-corrected chi connectivity index (χ4v) is 2.90. The maximum absolute atomic E-state index is 12.3. The highest BCUT2D eigenvalue weighted by Crippen LogP contribution is 2.34. The molecule has 6 nitrogen and oxygen atoms in total. The third-order valence-corrected chi connectivity index (χ3v) is 4.43. The second-order valence-corrected chi connectivity index (χ2v) is 5.79. The van der Waals surface area contributed by atoms with Crippen molar-refractivity contribution in [2.45, 2.75) is 38.3 Å². The predicted octanol–water partition coefficient (Wildman–Crippen LogP) is 3.39. The van der Waals surface area contributed by atoms with Crippen LogP contribution in [0.3, 0.4) is 0 Å². The van der Waals surface area contributed by atoms with Crippen LogP contribution in [-0.4, -0.2) is 27.0 Å². The highest BCUT2D eigenvalue weighted by atomic mass is 32.2. The van der Waals surface area contributed by atoms with Crippen molar-refractivity contribution in [2.75, 3.05) is 0 Å². The van der Waals surface area contributed by atoms with Crippen LogP contribution < -0.4 is 0 Å². The van der Waals surface area contributed by atoms with E-state index in [4.69, 9.17) is 9.29 Å². The molecule has 0 bridgehead atoms. The van der Waals surface area contributed by atoms with Gasteiger partial charge in [0.05, 0.1) is 22.9 Å². The highest BCUT2D eigenvalue weighted by Gasteiger charge is 2.39. The zero-order valence-corrected chi connectivity index (χ0v) is 13.3. The molecule has 0 spiro atoms. The summed E-state index contributed by atoms with van der Waals surface area (Å²) in [5.74, 6) is -1.53. The molecule has 0 aliphatic rings. The number of carbonyl (C=O) groups is 2. The lowest BCUT2D eigenvalue weighted by atomic mass is 9.79. The maximum Gasteiger partial charge on any atom is 0.325 e. The van der Waals surface area contributed by atoms with Gasteiger partial charge < -0.3 is 14.3 Å². The normalized spacial score (nSPS) is 11.5. The summed E-state index contributed by atoms with van der Waals surface area (Å²) in [6.45, 7) is 3.58. The monoisotopic (exact) mass is 322 g/mol. The van der Waals surface area contributed by atoms with E-state index in [1.54, 1.807) is 13.8 Å². The first kappa shape index (κ1) is 16.4. The van der Waals surface area contributed by atoms with Crippen molar-refractivity contribution in [1.29, 1.82) is 0 Å². The van der Waals surface area contributed by atoms with Crippen LogP contribution in [0, 0.1) is 5.41 Å². The van der Waals surface area contributed by atoms with Gasteiger partial charge in [0.15, 0.2) is 0 Å².